The summed E-state index contributed by atoms with van der Waals surface area (Å²) in [4.78, 5) is 2.17. The van der Waals surface area contributed by atoms with Crippen LogP contribution in [-0.2, 0) is 0 Å². The second-order valence-electron chi connectivity index (χ2n) is 5.26. The van der Waals surface area contributed by atoms with Gasteiger partial charge in [0, 0.05) is 18.8 Å². The van der Waals surface area contributed by atoms with Crippen LogP contribution in [0, 0.1) is 56.2 Å². The molecule has 1 aromatic carbocycles. The number of nitrogens with zero attached hydrogens (tertiary/aromatic N) is 5. The van der Waals surface area contributed by atoms with Crippen LogP contribution in [-0.4, -0.2) is 13.1 Å². The summed E-state index contributed by atoms with van der Waals surface area (Å²) in [6.45, 7) is 5.87. The lowest BCUT2D eigenvalue weighted by atomic mass is 9.98. The predicted molar refractivity (Wildman–Crippen MR) is 80.1 cm³/mol. The zero-order valence-corrected chi connectivity index (χ0v) is 12.5. The first-order valence-corrected chi connectivity index (χ1v) is 7.10. The molecule has 0 aliphatic heterocycles. The smallest absolute Gasteiger partial charge is 0.185 e. The van der Waals surface area contributed by atoms with E-state index in [1.807, 2.05) is 36.4 Å². The first-order chi connectivity index (χ1) is 10.6. The molecule has 0 N–H and O–H groups in total. The molecule has 0 spiro atoms. The second kappa shape index (κ2) is 5.40. The first-order valence-electron chi connectivity index (χ1n) is 7.10. The fourth-order valence-corrected chi connectivity index (χ4v) is 3.10. The van der Waals surface area contributed by atoms with E-state index in [2.05, 4.69) is 18.7 Å². The van der Waals surface area contributed by atoms with E-state index in [-0.39, 0.29) is 0 Å². The van der Waals surface area contributed by atoms with Crippen LogP contribution in [0.1, 0.15) is 25.3 Å². The summed E-state index contributed by atoms with van der Waals surface area (Å²) >= 11 is 0. The summed E-state index contributed by atoms with van der Waals surface area (Å²) in [7, 11) is 0. The third-order valence-corrected chi connectivity index (χ3v) is 4.47. The molecule has 5 heteroatoms. The van der Waals surface area contributed by atoms with Crippen LogP contribution in [0.2, 0.25) is 0 Å². The van der Waals surface area contributed by atoms with Gasteiger partial charge in [-0.05, 0) is 31.5 Å². The van der Waals surface area contributed by atoms with Gasteiger partial charge in [0.1, 0.15) is 0 Å². The Labute approximate surface area is 130 Å². The van der Waals surface area contributed by atoms with Crippen LogP contribution in [0.4, 0.5) is 5.69 Å². The number of benzene rings is 1. The Morgan fingerprint density at radius 3 is 1.59 bits per heavy atom. The SMILES string of the molecule is CCN(CC)c1ccc(C2C(C#N)(C#N)C2(C#N)C#N)cc1. The molecule has 0 radical (unpaired) electrons. The number of anilines is 1. The summed E-state index contributed by atoms with van der Waals surface area (Å²) in [6, 6.07) is 15.0. The van der Waals surface area contributed by atoms with E-state index in [1.165, 1.54) is 0 Å². The number of hydrogen-bond donors (Lipinski definition) is 0. The minimum absolute atomic E-state index is 0.683. The van der Waals surface area contributed by atoms with Crippen molar-refractivity contribution < 1.29 is 0 Å². The molecular weight excluding hydrogens is 274 g/mol. The fraction of sp³-hybridized carbons (Fsp3) is 0.412. The monoisotopic (exact) mass is 289 g/mol. The van der Waals surface area contributed by atoms with Crippen molar-refractivity contribution in [3.63, 3.8) is 0 Å². The summed E-state index contributed by atoms with van der Waals surface area (Å²) in [5.74, 6) is -0.684. The van der Waals surface area contributed by atoms with Crippen LogP contribution < -0.4 is 4.90 Å². The van der Waals surface area contributed by atoms with E-state index in [0.717, 1.165) is 18.8 Å². The first kappa shape index (κ1) is 15.4. The molecule has 0 unspecified atom stereocenters. The van der Waals surface area contributed by atoms with Crippen LogP contribution in [0.25, 0.3) is 0 Å². The van der Waals surface area contributed by atoms with Gasteiger partial charge in [-0.25, -0.2) is 0 Å². The van der Waals surface area contributed by atoms with Gasteiger partial charge in [0.2, 0.25) is 0 Å². The van der Waals surface area contributed by atoms with Crippen molar-refractivity contribution in [2.75, 3.05) is 18.0 Å². The highest BCUT2D eigenvalue weighted by Crippen LogP contribution is 2.73. The van der Waals surface area contributed by atoms with Crippen molar-refractivity contribution in [3.05, 3.63) is 29.8 Å². The van der Waals surface area contributed by atoms with Gasteiger partial charge in [-0.3, -0.25) is 0 Å². The third kappa shape index (κ3) is 1.74. The Morgan fingerprint density at radius 2 is 1.27 bits per heavy atom. The van der Waals surface area contributed by atoms with Gasteiger partial charge in [0.05, 0.1) is 30.2 Å². The van der Waals surface area contributed by atoms with E-state index in [4.69, 9.17) is 0 Å². The van der Waals surface area contributed by atoms with Gasteiger partial charge >= 0.3 is 0 Å². The highest BCUT2D eigenvalue weighted by atomic mass is 15.1. The molecule has 1 aromatic rings. The lowest BCUT2D eigenvalue weighted by molar-refractivity contribution is 0.727. The van der Waals surface area contributed by atoms with E-state index in [1.54, 1.807) is 12.1 Å². The predicted octanol–water partition coefficient (Wildman–Crippen LogP) is 2.70. The molecule has 1 saturated carbocycles. The molecule has 1 aliphatic carbocycles. The van der Waals surface area contributed by atoms with E-state index in [0.29, 0.717) is 5.56 Å². The lowest BCUT2D eigenvalue weighted by Gasteiger charge is -2.21. The average molecular weight is 289 g/mol. The zero-order valence-electron chi connectivity index (χ0n) is 12.5. The Bertz CT molecular complexity index is 666. The standard InChI is InChI=1S/C17H15N5/c1-3-22(4-2)14-7-5-13(6-8-14)15-16(9-18,10-19)17(15,11-20)12-21/h5-8,15H,3-4H2,1-2H3. The number of rotatable bonds is 4. The van der Waals surface area contributed by atoms with Crippen molar-refractivity contribution in [3.8, 4) is 24.3 Å². The normalized spacial score (nSPS) is 17.4. The largest absolute Gasteiger partial charge is 0.372 e. The van der Waals surface area contributed by atoms with Crippen LogP contribution >= 0.6 is 0 Å². The van der Waals surface area contributed by atoms with E-state index in [9.17, 15) is 21.0 Å². The van der Waals surface area contributed by atoms with Crippen LogP contribution in [0.3, 0.4) is 0 Å². The molecule has 0 saturated heterocycles. The molecular formula is C17H15N5. The molecule has 0 amide bonds. The minimum atomic E-state index is -1.58. The third-order valence-electron chi connectivity index (χ3n) is 4.47. The molecule has 1 fully saturated rings. The van der Waals surface area contributed by atoms with Gasteiger partial charge in [0.25, 0.3) is 0 Å². The topological polar surface area (TPSA) is 98.4 Å². The van der Waals surface area contributed by atoms with Gasteiger partial charge in [-0.15, -0.1) is 0 Å². The lowest BCUT2D eigenvalue weighted by Crippen LogP contribution is -2.21. The van der Waals surface area contributed by atoms with Crippen molar-refractivity contribution in [1.82, 2.24) is 0 Å². The van der Waals surface area contributed by atoms with Crippen LogP contribution in [0.5, 0.6) is 0 Å². The molecule has 5 nitrogen and oxygen atoms in total. The summed E-state index contributed by atoms with van der Waals surface area (Å²) < 4.78 is 0. The Morgan fingerprint density at radius 1 is 0.864 bits per heavy atom. The van der Waals surface area contributed by atoms with Gasteiger partial charge < -0.3 is 4.90 Å². The summed E-state index contributed by atoms with van der Waals surface area (Å²) in [6.07, 6.45) is 0. The van der Waals surface area contributed by atoms with Crippen molar-refractivity contribution in [2.45, 2.75) is 19.8 Å². The molecule has 0 heterocycles. The fourth-order valence-electron chi connectivity index (χ4n) is 3.10. The average Bonchev–Trinajstić information content (AvgIpc) is 3.19. The molecule has 1 aliphatic rings. The quantitative estimate of drug-likeness (QED) is 0.848. The molecule has 2 rings (SSSR count). The van der Waals surface area contributed by atoms with Crippen LogP contribution in [0.15, 0.2) is 24.3 Å². The summed E-state index contributed by atoms with van der Waals surface area (Å²) in [5.41, 5.74) is -1.43. The highest BCUT2D eigenvalue weighted by molar-refractivity contribution is 5.60. The maximum Gasteiger partial charge on any atom is 0.185 e. The van der Waals surface area contributed by atoms with E-state index < -0.39 is 16.7 Å². The number of nitriles is 4. The molecule has 22 heavy (non-hydrogen) atoms. The molecule has 0 aromatic heterocycles. The highest BCUT2D eigenvalue weighted by Gasteiger charge is 2.81. The van der Waals surface area contributed by atoms with Crippen molar-refractivity contribution in [1.29, 1.82) is 21.0 Å². The summed E-state index contributed by atoms with van der Waals surface area (Å²) in [5, 5.41) is 37.3. The van der Waals surface area contributed by atoms with E-state index >= 15 is 0 Å². The second-order valence-corrected chi connectivity index (χ2v) is 5.26. The maximum atomic E-state index is 9.32. The molecule has 108 valence electrons. The van der Waals surface area contributed by atoms with Gasteiger partial charge in [-0.1, -0.05) is 12.1 Å². The molecule has 0 atom stereocenters. The minimum Gasteiger partial charge on any atom is -0.372 e. The number of hydrogen-bond acceptors (Lipinski definition) is 5. The molecule has 0 bridgehead atoms. The Balaban J connectivity index is 2.43. The Hall–Kier alpha value is -3.02. The van der Waals surface area contributed by atoms with Gasteiger partial charge in [-0.2, -0.15) is 21.0 Å². The zero-order chi connectivity index (χ0) is 16.4. The van der Waals surface area contributed by atoms with Crippen molar-refractivity contribution >= 4 is 5.69 Å². The maximum absolute atomic E-state index is 9.32. The van der Waals surface area contributed by atoms with Gasteiger partial charge in [0.15, 0.2) is 10.8 Å². The Kier molecular flexibility index (Phi) is 3.77. The van der Waals surface area contributed by atoms with Crippen molar-refractivity contribution in [2.24, 2.45) is 10.8 Å².